The first kappa shape index (κ1) is 12.0. The number of hydrogen-bond acceptors (Lipinski definition) is 1. The summed E-state index contributed by atoms with van der Waals surface area (Å²) in [6.45, 7) is 0.867. The van der Waals surface area contributed by atoms with Crippen molar-refractivity contribution in [1.29, 1.82) is 0 Å². The number of nitrogens with zero attached hydrogens (tertiary/aromatic N) is 1. The Kier molecular flexibility index (Phi) is 5.13. The molecule has 0 aromatic carbocycles. The van der Waals surface area contributed by atoms with Gasteiger partial charge in [0.15, 0.2) is 0 Å². The molecule has 0 amide bonds. The highest BCUT2D eigenvalue weighted by Gasteiger charge is 2.20. The van der Waals surface area contributed by atoms with E-state index < -0.39 is 7.25 Å². The second kappa shape index (κ2) is 5.57. The van der Waals surface area contributed by atoms with E-state index in [1.54, 1.807) is 6.33 Å². The molecule has 3 nitrogen and oxygen atoms in total. The van der Waals surface area contributed by atoms with Gasteiger partial charge in [-0.15, -0.1) is 0 Å². The van der Waals surface area contributed by atoms with E-state index in [4.69, 9.17) is 5.11 Å². The van der Waals surface area contributed by atoms with Crippen molar-refractivity contribution in [3.05, 3.63) is 18.7 Å². The lowest BCUT2D eigenvalue weighted by Gasteiger charge is -1.94. The van der Waals surface area contributed by atoms with Crippen LogP contribution in [0.1, 0.15) is 0 Å². The fraction of sp³-hybridized carbons (Fsp3) is 0.400. The lowest BCUT2D eigenvalue weighted by Crippen LogP contribution is -2.32. The van der Waals surface area contributed by atoms with E-state index in [9.17, 15) is 17.3 Å². The number of rotatable bonds is 2. The van der Waals surface area contributed by atoms with Crippen LogP contribution in [0.15, 0.2) is 18.7 Å². The lowest BCUT2D eigenvalue weighted by atomic mass is 10.3. The number of aromatic amines is 1. The summed E-state index contributed by atoms with van der Waals surface area (Å²) < 4.78 is 40.9. The minimum atomic E-state index is -6.00. The van der Waals surface area contributed by atoms with Gasteiger partial charge in [-0.3, -0.25) is 4.98 Å². The number of H-pyrrole nitrogens is 1. The van der Waals surface area contributed by atoms with Crippen LogP contribution in [0.5, 0.6) is 0 Å². The van der Waals surface area contributed by atoms with E-state index in [0.29, 0.717) is 6.54 Å². The van der Waals surface area contributed by atoms with Gasteiger partial charge in [-0.1, -0.05) is 0 Å². The molecular weight excluding hydrogens is 191 g/mol. The van der Waals surface area contributed by atoms with Crippen molar-refractivity contribution in [2.45, 2.75) is 6.54 Å². The van der Waals surface area contributed by atoms with Crippen LogP contribution in [-0.2, 0) is 6.54 Å². The topological polar surface area (TPSA) is 39.9 Å². The number of aliphatic hydroxyl groups excluding tert-OH is 1. The summed E-state index contributed by atoms with van der Waals surface area (Å²) in [5.41, 5.74) is 0. The maximum atomic E-state index is 9.75. The normalized spacial score (nSPS) is 10.5. The van der Waals surface area contributed by atoms with Gasteiger partial charge in [0.1, 0.15) is 18.9 Å². The van der Waals surface area contributed by atoms with Crippen LogP contribution >= 0.6 is 0 Å². The third-order valence-electron chi connectivity index (χ3n) is 0.961. The highest BCUT2D eigenvalue weighted by molar-refractivity contribution is 6.50. The Morgan fingerprint density at radius 1 is 1.31 bits per heavy atom. The Bertz CT molecular complexity index is 207. The molecule has 1 aromatic rings. The van der Waals surface area contributed by atoms with Gasteiger partial charge in [0, 0.05) is 0 Å². The summed E-state index contributed by atoms with van der Waals surface area (Å²) in [4.78, 5) is 2.87. The van der Waals surface area contributed by atoms with Crippen LogP contribution in [0.3, 0.4) is 0 Å². The number of aliphatic hydroxyl groups is 1. The van der Waals surface area contributed by atoms with Crippen molar-refractivity contribution >= 4 is 7.25 Å². The smallest absolute Gasteiger partial charge is 0.418 e. The molecule has 0 atom stereocenters. The minimum Gasteiger partial charge on any atom is -0.418 e. The molecule has 0 bridgehead atoms. The second-order valence-corrected chi connectivity index (χ2v) is 2.07. The van der Waals surface area contributed by atoms with E-state index >= 15 is 0 Å². The predicted molar refractivity (Wildman–Crippen MR) is 38.3 cm³/mol. The Hall–Kier alpha value is -1.05. The summed E-state index contributed by atoms with van der Waals surface area (Å²) in [5, 5.41) is 8.40. The molecule has 0 fully saturated rings. The third-order valence-corrected chi connectivity index (χ3v) is 0.961. The molecule has 0 radical (unpaired) electrons. The van der Waals surface area contributed by atoms with E-state index in [1.165, 1.54) is 0 Å². The van der Waals surface area contributed by atoms with Gasteiger partial charge in [0.2, 0.25) is 6.33 Å². The molecule has 8 heteroatoms. The van der Waals surface area contributed by atoms with E-state index in [0.717, 1.165) is 0 Å². The van der Waals surface area contributed by atoms with Crippen LogP contribution in [0, 0.1) is 0 Å². The molecule has 0 aliphatic heterocycles. The van der Waals surface area contributed by atoms with Gasteiger partial charge in [-0.2, -0.15) is 0 Å². The summed E-state index contributed by atoms with van der Waals surface area (Å²) in [6.07, 6.45) is 5.49. The summed E-state index contributed by atoms with van der Waals surface area (Å²) in [6, 6.07) is 0. The zero-order valence-corrected chi connectivity index (χ0v) is 6.63. The molecular formula is C5H9BF4N2O. The number of halogens is 4. The molecule has 13 heavy (non-hydrogen) atoms. The number of hydrogen-bond donors (Lipinski definition) is 2. The van der Waals surface area contributed by atoms with Crippen molar-refractivity contribution in [2.75, 3.05) is 6.61 Å². The molecule has 2 N–H and O–H groups in total. The Labute approximate surface area is 72.1 Å². The first-order valence-corrected chi connectivity index (χ1v) is 3.43. The molecule has 1 aromatic heterocycles. The molecule has 1 heterocycles. The van der Waals surface area contributed by atoms with Gasteiger partial charge >= 0.3 is 7.25 Å². The molecule has 0 aliphatic carbocycles. The predicted octanol–water partition coefficient (Wildman–Crippen LogP) is 0.594. The van der Waals surface area contributed by atoms with Crippen molar-refractivity contribution < 1.29 is 26.9 Å². The van der Waals surface area contributed by atoms with Gasteiger partial charge in [0.25, 0.3) is 0 Å². The first-order chi connectivity index (χ1) is 5.93. The maximum absolute atomic E-state index is 9.75. The van der Waals surface area contributed by atoms with Gasteiger partial charge < -0.3 is 22.4 Å². The first-order valence-electron chi connectivity index (χ1n) is 3.43. The fourth-order valence-electron chi connectivity index (χ4n) is 0.575. The van der Waals surface area contributed by atoms with Gasteiger partial charge in [0.05, 0.1) is 6.61 Å². The third kappa shape index (κ3) is 11.0. The standard InChI is InChI=1S/C5H8N2O.BF4/c8-4-3-7-2-1-6-5-7;2-1(3,4)5/h1-2,5,8H,3-4H2;/q;-1/p+1. The van der Waals surface area contributed by atoms with Crippen molar-refractivity contribution in [2.24, 2.45) is 0 Å². The quantitative estimate of drug-likeness (QED) is 0.409. The average Bonchev–Trinajstić information content (AvgIpc) is 2.36. The van der Waals surface area contributed by atoms with Crippen molar-refractivity contribution in [1.82, 2.24) is 4.98 Å². The fourth-order valence-corrected chi connectivity index (χ4v) is 0.575. The van der Waals surface area contributed by atoms with Crippen LogP contribution in [0.2, 0.25) is 0 Å². The highest BCUT2D eigenvalue weighted by atomic mass is 19.5. The molecule has 1 rings (SSSR count). The zero-order chi connectivity index (χ0) is 10.3. The second-order valence-electron chi connectivity index (χ2n) is 2.07. The van der Waals surface area contributed by atoms with Crippen LogP contribution in [0.4, 0.5) is 17.3 Å². The Balaban J connectivity index is 0.000000252. The largest absolute Gasteiger partial charge is 0.673 e. The van der Waals surface area contributed by atoms with E-state index in [1.807, 2.05) is 17.0 Å². The van der Waals surface area contributed by atoms with Crippen LogP contribution < -0.4 is 4.57 Å². The van der Waals surface area contributed by atoms with Crippen LogP contribution in [-0.4, -0.2) is 24.0 Å². The highest BCUT2D eigenvalue weighted by Crippen LogP contribution is 2.06. The molecule has 0 unspecified atom stereocenters. The average molecular weight is 200 g/mol. The van der Waals surface area contributed by atoms with Crippen LogP contribution in [0.25, 0.3) is 0 Å². The maximum Gasteiger partial charge on any atom is 0.673 e. The summed E-state index contributed by atoms with van der Waals surface area (Å²) >= 11 is 0. The molecule has 0 saturated carbocycles. The molecule has 0 aliphatic rings. The molecule has 0 spiro atoms. The number of aromatic nitrogens is 2. The summed E-state index contributed by atoms with van der Waals surface area (Å²) in [5.74, 6) is 0. The monoisotopic (exact) mass is 200 g/mol. The molecule has 76 valence electrons. The Morgan fingerprint density at radius 2 is 1.85 bits per heavy atom. The minimum absolute atomic E-state index is 0.197. The van der Waals surface area contributed by atoms with Gasteiger partial charge in [-0.25, -0.2) is 4.57 Å². The zero-order valence-electron chi connectivity index (χ0n) is 6.63. The number of nitrogens with one attached hydrogen (secondary N) is 1. The van der Waals surface area contributed by atoms with E-state index in [2.05, 4.69) is 4.98 Å². The summed E-state index contributed by atoms with van der Waals surface area (Å²) in [7, 11) is -6.00. The van der Waals surface area contributed by atoms with Gasteiger partial charge in [-0.05, 0) is 0 Å². The lowest BCUT2D eigenvalue weighted by molar-refractivity contribution is -0.696. The van der Waals surface area contributed by atoms with E-state index in [-0.39, 0.29) is 6.61 Å². The SMILES string of the molecule is F[B-](F)(F)F.OCC[n+]1cc[nH]c1. The van der Waals surface area contributed by atoms with Crippen molar-refractivity contribution in [3.8, 4) is 0 Å². The van der Waals surface area contributed by atoms with Crippen molar-refractivity contribution in [3.63, 3.8) is 0 Å². The molecule has 0 saturated heterocycles. The number of imidazole rings is 1. The Morgan fingerprint density at radius 3 is 2.15 bits per heavy atom.